The predicted molar refractivity (Wildman–Crippen MR) is 82.3 cm³/mol. The number of hydrogen-bond acceptors (Lipinski definition) is 4. The lowest BCUT2D eigenvalue weighted by Gasteiger charge is -2.20. The number of hydrogen-bond donors (Lipinski definition) is 6. The normalized spacial score (nSPS) is 13.9. The van der Waals surface area contributed by atoms with Crippen LogP contribution in [-0.4, -0.2) is 86.9 Å². The Morgan fingerprint density at radius 1 is 0.395 bits per heavy atom. The molecule has 0 aromatic rings. The summed E-state index contributed by atoms with van der Waals surface area (Å²) in [6.07, 6.45) is -32.5. The largest absolute Gasteiger partial charge is 0.466 e. The third-order valence-electron chi connectivity index (χ3n) is 2.92. The summed E-state index contributed by atoms with van der Waals surface area (Å²) in [6.45, 7) is -5.90. The van der Waals surface area contributed by atoms with Gasteiger partial charge in [0.1, 0.15) is 0 Å². The van der Waals surface area contributed by atoms with Gasteiger partial charge in [-0.3, -0.25) is 0 Å². The Labute approximate surface area is 197 Å². The van der Waals surface area contributed by atoms with Crippen LogP contribution >= 0.6 is 7.82 Å². The summed E-state index contributed by atoms with van der Waals surface area (Å²) in [5, 5.41) is 23.3. The Morgan fingerprint density at radius 3 is 0.474 bits per heavy atom. The van der Waals surface area contributed by atoms with Gasteiger partial charge in [-0.05, 0) is 0 Å². The summed E-state index contributed by atoms with van der Waals surface area (Å²) in [5.74, 6) is -10.9. The molecule has 0 atom stereocenters. The quantitative estimate of drug-likeness (QED) is 0.200. The lowest BCUT2D eigenvalue weighted by atomic mass is 10.1. The summed E-state index contributed by atoms with van der Waals surface area (Å²) < 4.78 is 213. The van der Waals surface area contributed by atoms with Gasteiger partial charge in [-0.25, -0.2) is 4.57 Å². The molecule has 0 aromatic carbocycles. The summed E-state index contributed by atoms with van der Waals surface area (Å²) >= 11 is 0. The van der Waals surface area contributed by atoms with Crippen molar-refractivity contribution in [2.24, 2.45) is 17.8 Å². The van der Waals surface area contributed by atoms with E-state index < -0.39 is 82.5 Å². The fourth-order valence-electron chi connectivity index (χ4n) is 1.18. The number of rotatable bonds is 3. The molecule has 0 heterocycles. The fourth-order valence-corrected chi connectivity index (χ4v) is 1.18. The van der Waals surface area contributed by atoms with Crippen LogP contribution in [0.3, 0.4) is 0 Å². The lowest BCUT2D eigenvalue weighted by molar-refractivity contribution is -0.292. The molecule has 0 aliphatic carbocycles. The second-order valence-electron chi connectivity index (χ2n) is 5.97. The topological polar surface area (TPSA) is 138 Å². The summed E-state index contributed by atoms with van der Waals surface area (Å²) in [7, 11) is -4.64. The van der Waals surface area contributed by atoms with E-state index in [2.05, 4.69) is 0 Å². The van der Waals surface area contributed by atoms with Crippen LogP contribution in [0.1, 0.15) is 0 Å². The van der Waals surface area contributed by atoms with Crippen LogP contribution < -0.4 is 0 Å². The molecule has 236 valence electrons. The number of phosphoric acid groups is 1. The van der Waals surface area contributed by atoms with Gasteiger partial charge in [0, 0.05) is 0 Å². The lowest BCUT2D eigenvalue weighted by Crippen LogP contribution is -2.38. The summed E-state index contributed by atoms with van der Waals surface area (Å²) in [4.78, 5) is 21.6. The molecule has 0 aromatic heterocycles. The molecule has 0 bridgehead atoms. The predicted octanol–water partition coefficient (Wildman–Crippen LogP) is 4.23. The van der Waals surface area contributed by atoms with Crippen molar-refractivity contribution < 1.29 is 114 Å². The molecular weight excluding hydrogens is 629 g/mol. The van der Waals surface area contributed by atoms with E-state index in [0.717, 1.165) is 0 Å². The number of alkyl halides is 18. The third kappa shape index (κ3) is 23.8. The highest BCUT2D eigenvalue weighted by Crippen LogP contribution is 2.40. The maximum absolute atomic E-state index is 11.3. The molecule has 0 aliphatic rings. The summed E-state index contributed by atoms with van der Waals surface area (Å²) in [6, 6.07) is 0. The maximum atomic E-state index is 11.3. The molecule has 0 fully saturated rings. The van der Waals surface area contributed by atoms with Crippen LogP contribution in [0.15, 0.2) is 0 Å². The van der Waals surface area contributed by atoms with Crippen LogP contribution in [0.2, 0.25) is 0 Å². The second kappa shape index (κ2) is 15.5. The molecule has 7 nitrogen and oxygen atoms in total. The molecule has 6 N–H and O–H groups in total. The molecule has 0 rings (SSSR count). The van der Waals surface area contributed by atoms with Gasteiger partial charge >= 0.3 is 44.9 Å². The zero-order valence-corrected chi connectivity index (χ0v) is 18.1. The fraction of sp³-hybridized carbons (Fsp3) is 1.00. The average Bonchev–Trinajstić information content (AvgIpc) is 2.47. The van der Waals surface area contributed by atoms with Crippen molar-refractivity contribution in [3.05, 3.63) is 0 Å². The van der Waals surface area contributed by atoms with E-state index in [0.29, 0.717) is 0 Å². The van der Waals surface area contributed by atoms with E-state index in [1.54, 1.807) is 0 Å². The van der Waals surface area contributed by atoms with E-state index in [4.69, 9.17) is 34.6 Å². The molecule has 0 unspecified atom stereocenters. The molecule has 0 aliphatic heterocycles. The number of aliphatic hydroxyl groups is 3. The Morgan fingerprint density at radius 2 is 0.474 bits per heavy atom. The van der Waals surface area contributed by atoms with Gasteiger partial charge in [-0.15, -0.1) is 0 Å². The van der Waals surface area contributed by atoms with Crippen molar-refractivity contribution in [3.8, 4) is 0 Å². The van der Waals surface area contributed by atoms with Gasteiger partial charge in [0.25, 0.3) is 0 Å². The van der Waals surface area contributed by atoms with E-state index in [1.165, 1.54) is 0 Å². The molecule has 0 amide bonds. The van der Waals surface area contributed by atoms with Gasteiger partial charge in [0.2, 0.25) is 0 Å². The van der Waals surface area contributed by atoms with E-state index in [-0.39, 0.29) is 0 Å². The monoisotopic (exact) mass is 644 g/mol. The van der Waals surface area contributed by atoms with Crippen molar-refractivity contribution in [2.75, 3.05) is 19.8 Å². The molecule has 26 heteroatoms. The Balaban J connectivity index is -0.000000209. The highest BCUT2D eigenvalue weighted by Gasteiger charge is 2.57. The zero-order chi connectivity index (χ0) is 32.4. The van der Waals surface area contributed by atoms with Gasteiger partial charge in [0.15, 0.2) is 17.8 Å². The molecule has 0 saturated heterocycles. The van der Waals surface area contributed by atoms with Crippen LogP contribution in [0, 0.1) is 17.8 Å². The van der Waals surface area contributed by atoms with Gasteiger partial charge in [0.05, 0.1) is 19.8 Å². The second-order valence-corrected chi connectivity index (χ2v) is 6.99. The standard InChI is InChI=1S/3C4H4F6O.H3O4P/c3*5-3(6,7)2(1-11)4(8,9)10;1-5(2,3)4/h3*2,11H,1H2;(H3,1,2,3,4). The SMILES string of the molecule is O=P(O)(O)O.OCC(C(F)(F)F)C(F)(F)F.OCC(C(F)(F)F)C(F)(F)F.OCC(C(F)(F)F)C(F)(F)F. The molecule has 38 heavy (non-hydrogen) atoms. The molecule has 0 radical (unpaired) electrons. The minimum absolute atomic E-state index is 1.97. The minimum atomic E-state index is -5.42. The van der Waals surface area contributed by atoms with E-state index >= 15 is 0 Å². The Bertz CT molecular complexity index is 546. The van der Waals surface area contributed by atoms with E-state index in [1.807, 2.05) is 0 Å². The smallest absolute Gasteiger partial charge is 0.395 e. The van der Waals surface area contributed by atoms with E-state index in [9.17, 15) is 79.0 Å². The van der Waals surface area contributed by atoms with Crippen molar-refractivity contribution in [1.29, 1.82) is 0 Å². The molecular formula is C12H15F18O7P. The van der Waals surface area contributed by atoms with Crippen molar-refractivity contribution >= 4 is 7.82 Å². The summed E-state index contributed by atoms with van der Waals surface area (Å²) in [5.41, 5.74) is 0. The van der Waals surface area contributed by atoms with Crippen LogP contribution in [0.5, 0.6) is 0 Å². The third-order valence-corrected chi connectivity index (χ3v) is 2.92. The first-order valence-corrected chi connectivity index (χ1v) is 9.65. The first-order chi connectivity index (χ1) is 16.1. The van der Waals surface area contributed by atoms with Crippen molar-refractivity contribution in [1.82, 2.24) is 0 Å². The first-order valence-electron chi connectivity index (χ1n) is 8.09. The van der Waals surface area contributed by atoms with Gasteiger partial charge in [-0.2, -0.15) is 79.0 Å². The first kappa shape index (κ1) is 43.8. The zero-order valence-electron chi connectivity index (χ0n) is 17.2. The average molecular weight is 644 g/mol. The van der Waals surface area contributed by atoms with Gasteiger partial charge in [-0.1, -0.05) is 0 Å². The van der Waals surface area contributed by atoms with Crippen molar-refractivity contribution in [3.63, 3.8) is 0 Å². The van der Waals surface area contributed by atoms with Crippen LogP contribution in [0.25, 0.3) is 0 Å². The Kier molecular flexibility index (Phi) is 17.9. The highest BCUT2D eigenvalue weighted by atomic mass is 31.2. The van der Waals surface area contributed by atoms with Crippen LogP contribution in [0.4, 0.5) is 79.0 Å². The Hall–Kier alpha value is -1.27. The minimum Gasteiger partial charge on any atom is -0.395 e. The molecule has 0 spiro atoms. The number of halogens is 18. The van der Waals surface area contributed by atoms with Crippen LogP contribution in [-0.2, 0) is 4.57 Å². The number of aliphatic hydroxyl groups excluding tert-OH is 3. The highest BCUT2D eigenvalue weighted by molar-refractivity contribution is 7.45. The maximum Gasteiger partial charge on any atom is 0.466 e. The van der Waals surface area contributed by atoms with Gasteiger partial charge < -0.3 is 30.0 Å². The van der Waals surface area contributed by atoms with Crippen molar-refractivity contribution in [2.45, 2.75) is 37.1 Å². The molecule has 0 saturated carbocycles.